The van der Waals surface area contributed by atoms with E-state index in [4.69, 9.17) is 4.99 Å². The normalized spacial score (nSPS) is 11.6. The number of nitrogens with zero attached hydrogens (tertiary/aromatic N) is 4. The van der Waals surface area contributed by atoms with Gasteiger partial charge in [-0.25, -0.2) is 15.0 Å². The Morgan fingerprint density at radius 3 is 2.89 bits per heavy atom. The van der Waals surface area contributed by atoms with E-state index >= 15 is 0 Å². The van der Waals surface area contributed by atoms with E-state index in [1.54, 1.807) is 17.5 Å². The molecule has 0 bridgehead atoms. The van der Waals surface area contributed by atoms with Crippen LogP contribution in [0.4, 0.5) is 0 Å². The van der Waals surface area contributed by atoms with Gasteiger partial charge in [0, 0.05) is 43.8 Å². The molecule has 0 amide bonds. The lowest BCUT2D eigenvalue weighted by atomic mass is 10.1. The third-order valence-electron chi connectivity index (χ3n) is 4.02. The van der Waals surface area contributed by atoms with E-state index in [0.29, 0.717) is 6.54 Å². The highest BCUT2D eigenvalue weighted by Gasteiger charge is 2.02. The van der Waals surface area contributed by atoms with Crippen LogP contribution in [0.1, 0.15) is 28.8 Å². The zero-order chi connectivity index (χ0) is 18.9. The van der Waals surface area contributed by atoms with Crippen molar-refractivity contribution < 1.29 is 0 Å². The van der Waals surface area contributed by atoms with E-state index in [-0.39, 0.29) is 0 Å². The quantitative estimate of drug-likeness (QED) is 0.464. The van der Waals surface area contributed by atoms with Gasteiger partial charge in [-0.05, 0) is 25.0 Å². The topological polar surface area (TPSA) is 67.1 Å². The molecule has 3 aromatic rings. The summed E-state index contributed by atoms with van der Waals surface area (Å²) in [5.74, 6) is 0.837. The molecule has 7 heteroatoms. The first-order chi connectivity index (χ1) is 13.2. The molecule has 0 spiro atoms. The Balaban J connectivity index is 1.55. The number of thiazole rings is 1. The average molecular weight is 383 g/mol. The zero-order valence-electron chi connectivity index (χ0n) is 15.9. The first-order valence-corrected chi connectivity index (χ1v) is 10.1. The molecule has 27 heavy (non-hydrogen) atoms. The molecule has 2 heterocycles. The van der Waals surface area contributed by atoms with E-state index < -0.39 is 0 Å². The van der Waals surface area contributed by atoms with E-state index in [1.165, 1.54) is 11.1 Å². The van der Waals surface area contributed by atoms with Gasteiger partial charge in [0.2, 0.25) is 0 Å². The first-order valence-electron chi connectivity index (χ1n) is 9.19. The summed E-state index contributed by atoms with van der Waals surface area (Å²) in [5, 5.41) is 9.92. The van der Waals surface area contributed by atoms with Crippen LogP contribution in [0.5, 0.6) is 0 Å². The van der Waals surface area contributed by atoms with Crippen LogP contribution in [-0.2, 0) is 19.5 Å². The van der Waals surface area contributed by atoms with Crippen LogP contribution in [0, 0.1) is 6.92 Å². The van der Waals surface area contributed by atoms with Gasteiger partial charge in [0.25, 0.3) is 0 Å². The Kier molecular flexibility index (Phi) is 6.98. The number of rotatable bonds is 8. The molecule has 0 aliphatic heterocycles. The summed E-state index contributed by atoms with van der Waals surface area (Å²) >= 11 is 1.69. The molecule has 0 unspecified atom stereocenters. The molecule has 6 nitrogen and oxygen atoms in total. The van der Waals surface area contributed by atoms with Crippen LogP contribution in [0.3, 0.4) is 0 Å². The molecule has 142 valence electrons. The van der Waals surface area contributed by atoms with Gasteiger partial charge in [-0.15, -0.1) is 11.3 Å². The maximum Gasteiger partial charge on any atom is 0.191 e. The molecule has 1 aromatic carbocycles. The molecule has 0 atom stereocenters. The van der Waals surface area contributed by atoms with Gasteiger partial charge in [-0.3, -0.25) is 0 Å². The lowest BCUT2D eigenvalue weighted by Crippen LogP contribution is -2.38. The molecule has 3 rings (SSSR count). The molecule has 2 N–H and O–H groups in total. The predicted octanol–water partition coefficient (Wildman–Crippen LogP) is 2.99. The third-order valence-corrected chi connectivity index (χ3v) is 4.84. The summed E-state index contributed by atoms with van der Waals surface area (Å²) in [5.41, 5.74) is 3.57. The molecule has 0 saturated carbocycles. The molecule has 0 aliphatic carbocycles. The minimum Gasteiger partial charge on any atom is -0.357 e. The van der Waals surface area contributed by atoms with Crippen molar-refractivity contribution in [2.75, 3.05) is 13.1 Å². The number of nitrogens with one attached hydrogen (secondary N) is 2. The fourth-order valence-electron chi connectivity index (χ4n) is 2.76. The van der Waals surface area contributed by atoms with Crippen LogP contribution in [0.15, 0.2) is 53.4 Å². The van der Waals surface area contributed by atoms with Crippen LogP contribution in [-0.4, -0.2) is 33.6 Å². The number of aryl methyl sites for hydroxylation is 1. The van der Waals surface area contributed by atoms with Crippen LogP contribution >= 0.6 is 11.3 Å². The van der Waals surface area contributed by atoms with Crippen LogP contribution in [0.2, 0.25) is 0 Å². The highest BCUT2D eigenvalue weighted by atomic mass is 32.1. The molecule has 2 aromatic heterocycles. The maximum atomic E-state index is 4.72. The van der Waals surface area contributed by atoms with Crippen molar-refractivity contribution in [3.63, 3.8) is 0 Å². The smallest absolute Gasteiger partial charge is 0.191 e. The second-order valence-corrected chi connectivity index (χ2v) is 7.35. The highest BCUT2D eigenvalue weighted by Crippen LogP contribution is 2.09. The van der Waals surface area contributed by atoms with Crippen molar-refractivity contribution in [3.8, 4) is 0 Å². The second kappa shape index (κ2) is 9.87. The minimum absolute atomic E-state index is 0.642. The number of guanidine groups is 1. The number of benzene rings is 1. The van der Waals surface area contributed by atoms with Crippen molar-refractivity contribution in [3.05, 3.63) is 70.2 Å². The van der Waals surface area contributed by atoms with Gasteiger partial charge in [0.15, 0.2) is 5.96 Å². The number of aliphatic imine (C=N–C) groups is 1. The van der Waals surface area contributed by atoms with Crippen LogP contribution in [0.25, 0.3) is 0 Å². The summed E-state index contributed by atoms with van der Waals surface area (Å²) < 4.78 is 2.06. The molecule has 0 fully saturated rings. The summed E-state index contributed by atoms with van der Waals surface area (Å²) in [7, 11) is 0. The Morgan fingerprint density at radius 1 is 1.26 bits per heavy atom. The number of aromatic nitrogens is 3. The fraction of sp³-hybridized carbons (Fsp3) is 0.350. The summed E-state index contributed by atoms with van der Waals surface area (Å²) in [6.45, 7) is 7.23. The zero-order valence-corrected chi connectivity index (χ0v) is 16.7. The molecule has 0 saturated heterocycles. The fourth-order valence-corrected chi connectivity index (χ4v) is 3.41. The Bertz CT molecular complexity index is 853. The first kappa shape index (κ1) is 19.1. The van der Waals surface area contributed by atoms with Gasteiger partial charge in [-0.1, -0.05) is 24.3 Å². The van der Waals surface area contributed by atoms with Gasteiger partial charge < -0.3 is 15.2 Å². The SMILES string of the molecule is CCNC(=NCc1cccc(Cn2ccnc2)c1)NCCc1csc(C)n1. The van der Waals surface area contributed by atoms with Crippen molar-refractivity contribution in [1.82, 2.24) is 25.2 Å². The van der Waals surface area contributed by atoms with E-state index in [0.717, 1.165) is 42.7 Å². The monoisotopic (exact) mass is 382 g/mol. The largest absolute Gasteiger partial charge is 0.357 e. The Labute approximate surface area is 164 Å². The predicted molar refractivity (Wildman–Crippen MR) is 111 cm³/mol. The molecular weight excluding hydrogens is 356 g/mol. The minimum atomic E-state index is 0.642. The van der Waals surface area contributed by atoms with Crippen molar-refractivity contribution in [2.45, 2.75) is 33.4 Å². The molecule has 0 radical (unpaired) electrons. The summed E-state index contributed by atoms with van der Waals surface area (Å²) in [6.07, 6.45) is 6.51. The summed E-state index contributed by atoms with van der Waals surface area (Å²) in [4.78, 5) is 13.3. The molecule has 0 aliphatic rings. The van der Waals surface area contributed by atoms with Crippen LogP contribution < -0.4 is 10.6 Å². The van der Waals surface area contributed by atoms with E-state index in [9.17, 15) is 0 Å². The number of hydrogen-bond donors (Lipinski definition) is 2. The van der Waals surface area contributed by atoms with Crippen molar-refractivity contribution in [2.24, 2.45) is 4.99 Å². The van der Waals surface area contributed by atoms with E-state index in [2.05, 4.69) is 61.7 Å². The van der Waals surface area contributed by atoms with Gasteiger partial charge >= 0.3 is 0 Å². The third kappa shape index (κ3) is 6.21. The number of hydrogen-bond acceptors (Lipinski definition) is 4. The average Bonchev–Trinajstić information content (AvgIpc) is 3.32. The summed E-state index contributed by atoms with van der Waals surface area (Å²) in [6, 6.07) is 8.53. The Morgan fingerprint density at radius 2 is 2.15 bits per heavy atom. The standard InChI is InChI=1S/C20H26N6S/c1-3-22-20(23-8-7-19-14-27-16(2)25-19)24-12-17-5-4-6-18(11-17)13-26-10-9-21-15-26/h4-6,9-11,14-15H,3,7-8,12-13H2,1-2H3,(H2,22,23,24). The number of imidazole rings is 1. The van der Waals surface area contributed by atoms with E-state index in [1.807, 2.05) is 19.4 Å². The van der Waals surface area contributed by atoms with Crippen molar-refractivity contribution >= 4 is 17.3 Å². The van der Waals surface area contributed by atoms with Gasteiger partial charge in [0.1, 0.15) is 0 Å². The lowest BCUT2D eigenvalue weighted by Gasteiger charge is -2.11. The van der Waals surface area contributed by atoms with Gasteiger partial charge in [-0.2, -0.15) is 0 Å². The molecular formula is C20H26N6S. The van der Waals surface area contributed by atoms with Crippen molar-refractivity contribution in [1.29, 1.82) is 0 Å². The van der Waals surface area contributed by atoms with Gasteiger partial charge in [0.05, 0.1) is 23.6 Å². The second-order valence-electron chi connectivity index (χ2n) is 6.28. The Hall–Kier alpha value is -2.67. The lowest BCUT2D eigenvalue weighted by molar-refractivity contribution is 0.786. The highest BCUT2D eigenvalue weighted by molar-refractivity contribution is 7.09. The maximum absolute atomic E-state index is 4.72.